The Morgan fingerprint density at radius 2 is 1.71 bits per heavy atom. The average Bonchev–Trinajstić information content (AvgIpc) is 2.48. The molecule has 138 valence electrons. The van der Waals surface area contributed by atoms with Crippen molar-refractivity contribution in [1.29, 1.82) is 0 Å². The van der Waals surface area contributed by atoms with Gasteiger partial charge in [0.25, 0.3) is 0 Å². The van der Waals surface area contributed by atoms with Gasteiger partial charge in [0.1, 0.15) is 0 Å². The maximum Gasteiger partial charge on any atom is 0.191 e. The first-order chi connectivity index (χ1) is 10.9. The molecule has 0 aliphatic rings. The summed E-state index contributed by atoms with van der Waals surface area (Å²) < 4.78 is 11.3. The number of hydrogen-bond donors (Lipinski definition) is 2. The third kappa shape index (κ3) is 8.61. The van der Waals surface area contributed by atoms with E-state index in [0.717, 1.165) is 30.4 Å². The van der Waals surface area contributed by atoms with E-state index in [9.17, 15) is 0 Å². The number of nitrogens with zero attached hydrogens (tertiary/aromatic N) is 1. The molecule has 0 aliphatic heterocycles. The molecule has 0 heterocycles. The Labute approximate surface area is 163 Å². The highest BCUT2D eigenvalue weighted by atomic mass is 127. The van der Waals surface area contributed by atoms with Crippen molar-refractivity contribution in [3.63, 3.8) is 0 Å². The molecule has 6 heteroatoms. The molecule has 0 atom stereocenters. The second kappa shape index (κ2) is 11.4. The van der Waals surface area contributed by atoms with Crippen LogP contribution in [0.15, 0.2) is 23.2 Å². The summed E-state index contributed by atoms with van der Waals surface area (Å²) in [6.45, 7) is 12.4. The highest BCUT2D eigenvalue weighted by Crippen LogP contribution is 2.28. The summed E-state index contributed by atoms with van der Waals surface area (Å²) >= 11 is 0. The second-order valence-corrected chi connectivity index (χ2v) is 6.27. The molecule has 0 spiro atoms. The van der Waals surface area contributed by atoms with Gasteiger partial charge >= 0.3 is 0 Å². The number of hydrogen-bond acceptors (Lipinski definition) is 3. The lowest BCUT2D eigenvalue weighted by atomic mass is 10.1. The van der Waals surface area contributed by atoms with Crippen LogP contribution in [0.2, 0.25) is 0 Å². The summed E-state index contributed by atoms with van der Waals surface area (Å²) in [7, 11) is 1.78. The molecule has 2 N–H and O–H groups in total. The zero-order valence-electron chi connectivity index (χ0n) is 15.7. The van der Waals surface area contributed by atoms with Gasteiger partial charge in [-0.25, -0.2) is 0 Å². The Kier molecular flexibility index (Phi) is 10.8. The highest BCUT2D eigenvalue weighted by molar-refractivity contribution is 14.0. The molecule has 0 saturated carbocycles. The fourth-order valence-electron chi connectivity index (χ4n) is 2.11. The second-order valence-electron chi connectivity index (χ2n) is 6.27. The molecule has 1 aromatic rings. The lowest BCUT2D eigenvalue weighted by molar-refractivity contribution is 0.287. The summed E-state index contributed by atoms with van der Waals surface area (Å²) in [6, 6.07) is 6.11. The van der Waals surface area contributed by atoms with E-state index in [1.165, 1.54) is 5.56 Å². The van der Waals surface area contributed by atoms with Crippen molar-refractivity contribution in [3.05, 3.63) is 23.8 Å². The number of guanidine groups is 1. The minimum Gasteiger partial charge on any atom is -0.490 e. The van der Waals surface area contributed by atoms with Gasteiger partial charge in [-0.05, 0) is 58.7 Å². The predicted molar refractivity (Wildman–Crippen MR) is 112 cm³/mol. The molecule has 1 aromatic carbocycles. The zero-order chi connectivity index (χ0) is 17.3. The van der Waals surface area contributed by atoms with E-state index in [-0.39, 0.29) is 29.5 Å². The molecule has 0 bridgehead atoms. The fourth-order valence-corrected chi connectivity index (χ4v) is 2.11. The first kappa shape index (κ1) is 22.8. The summed E-state index contributed by atoms with van der Waals surface area (Å²) in [5.41, 5.74) is 1.19. The topological polar surface area (TPSA) is 54.9 Å². The number of nitrogens with one attached hydrogen (secondary N) is 2. The molecule has 0 fully saturated rings. The van der Waals surface area contributed by atoms with Crippen LogP contribution in [0.5, 0.6) is 11.5 Å². The van der Waals surface area contributed by atoms with Crippen molar-refractivity contribution >= 4 is 29.9 Å². The maximum absolute atomic E-state index is 5.66. The largest absolute Gasteiger partial charge is 0.490 e. The Hall–Kier alpha value is -1.18. The molecule has 0 aliphatic carbocycles. The zero-order valence-corrected chi connectivity index (χ0v) is 18.1. The fraction of sp³-hybridized carbons (Fsp3) is 0.611. The predicted octanol–water partition coefficient (Wildman–Crippen LogP) is 3.61. The first-order valence-electron chi connectivity index (χ1n) is 8.27. The molecule has 0 unspecified atom stereocenters. The number of halogens is 1. The van der Waals surface area contributed by atoms with Crippen LogP contribution in [-0.2, 0) is 6.42 Å². The molecule has 0 saturated heterocycles. The molecule has 0 aromatic heterocycles. The first-order valence-corrected chi connectivity index (χ1v) is 8.27. The number of ether oxygens (including phenoxy) is 2. The minimum atomic E-state index is -0.0108. The van der Waals surface area contributed by atoms with Crippen molar-refractivity contribution in [3.8, 4) is 11.5 Å². The quantitative estimate of drug-likeness (QED) is 0.380. The van der Waals surface area contributed by atoms with Crippen LogP contribution in [-0.4, -0.2) is 38.3 Å². The van der Waals surface area contributed by atoms with E-state index < -0.39 is 0 Å². The van der Waals surface area contributed by atoms with Crippen LogP contribution >= 0.6 is 24.0 Å². The van der Waals surface area contributed by atoms with Crippen LogP contribution in [0.25, 0.3) is 0 Å². The van der Waals surface area contributed by atoms with Crippen LogP contribution in [0.3, 0.4) is 0 Å². The Bertz CT molecular complexity index is 513. The van der Waals surface area contributed by atoms with Gasteiger partial charge in [0.2, 0.25) is 0 Å². The van der Waals surface area contributed by atoms with Gasteiger partial charge in [-0.15, -0.1) is 24.0 Å². The monoisotopic (exact) mass is 449 g/mol. The minimum absolute atomic E-state index is 0. The molecular formula is C18H32IN3O2. The normalized spacial score (nSPS) is 11.5. The van der Waals surface area contributed by atoms with Crippen molar-refractivity contribution in [2.45, 2.75) is 46.6 Å². The van der Waals surface area contributed by atoms with E-state index in [0.29, 0.717) is 13.2 Å². The smallest absolute Gasteiger partial charge is 0.191 e. The lowest BCUT2D eigenvalue weighted by Gasteiger charge is -2.23. The van der Waals surface area contributed by atoms with Crippen molar-refractivity contribution in [2.24, 2.45) is 4.99 Å². The van der Waals surface area contributed by atoms with E-state index in [1.807, 2.05) is 19.9 Å². The van der Waals surface area contributed by atoms with Crippen molar-refractivity contribution < 1.29 is 9.47 Å². The van der Waals surface area contributed by atoms with E-state index >= 15 is 0 Å². The van der Waals surface area contributed by atoms with Crippen LogP contribution in [0.4, 0.5) is 0 Å². The number of aliphatic imine (C=N–C) groups is 1. The number of benzene rings is 1. The number of rotatable bonds is 7. The van der Waals surface area contributed by atoms with Crippen molar-refractivity contribution in [2.75, 3.05) is 26.8 Å². The van der Waals surface area contributed by atoms with Gasteiger partial charge in [0, 0.05) is 19.1 Å². The SMILES string of the molecule is CCOc1ccc(CCNC(=NC)NC(C)(C)C)cc1OCC.I. The van der Waals surface area contributed by atoms with E-state index in [2.05, 4.69) is 48.5 Å². The van der Waals surface area contributed by atoms with E-state index in [1.54, 1.807) is 7.05 Å². The third-order valence-electron chi connectivity index (χ3n) is 3.03. The van der Waals surface area contributed by atoms with Crippen LogP contribution in [0.1, 0.15) is 40.2 Å². The summed E-state index contributed by atoms with van der Waals surface area (Å²) in [5, 5.41) is 6.68. The maximum atomic E-state index is 5.66. The average molecular weight is 449 g/mol. The molecule has 1 rings (SSSR count). The van der Waals surface area contributed by atoms with Crippen LogP contribution < -0.4 is 20.1 Å². The third-order valence-corrected chi connectivity index (χ3v) is 3.03. The van der Waals surface area contributed by atoms with E-state index in [4.69, 9.17) is 9.47 Å². The van der Waals surface area contributed by atoms with Gasteiger partial charge in [0.15, 0.2) is 17.5 Å². The molecule has 0 amide bonds. The lowest BCUT2D eigenvalue weighted by Crippen LogP contribution is -2.48. The van der Waals surface area contributed by atoms with Gasteiger partial charge in [-0.2, -0.15) is 0 Å². The van der Waals surface area contributed by atoms with Gasteiger partial charge in [-0.3, -0.25) is 4.99 Å². The molecular weight excluding hydrogens is 417 g/mol. The standard InChI is InChI=1S/C18H31N3O2.HI/c1-7-22-15-10-9-14(13-16(15)23-8-2)11-12-20-17(19-6)21-18(3,4)5;/h9-10,13H,7-8,11-12H2,1-6H3,(H2,19,20,21);1H. The highest BCUT2D eigenvalue weighted by Gasteiger charge is 2.11. The summed E-state index contributed by atoms with van der Waals surface area (Å²) in [5.74, 6) is 2.42. The van der Waals surface area contributed by atoms with Gasteiger partial charge in [0.05, 0.1) is 13.2 Å². The van der Waals surface area contributed by atoms with Gasteiger partial charge in [-0.1, -0.05) is 6.07 Å². The Morgan fingerprint density at radius 1 is 1.08 bits per heavy atom. The molecule has 24 heavy (non-hydrogen) atoms. The van der Waals surface area contributed by atoms with Crippen LogP contribution in [0, 0.1) is 0 Å². The summed E-state index contributed by atoms with van der Waals surface area (Å²) in [6.07, 6.45) is 0.886. The van der Waals surface area contributed by atoms with Crippen molar-refractivity contribution in [1.82, 2.24) is 10.6 Å². The Balaban J connectivity index is 0.00000529. The Morgan fingerprint density at radius 3 is 2.25 bits per heavy atom. The molecule has 0 radical (unpaired) electrons. The van der Waals surface area contributed by atoms with Gasteiger partial charge < -0.3 is 20.1 Å². The summed E-state index contributed by atoms with van der Waals surface area (Å²) in [4.78, 5) is 4.24. The molecule has 5 nitrogen and oxygen atoms in total.